The van der Waals surface area contributed by atoms with Crippen LogP contribution in [0.1, 0.15) is 55.3 Å². The minimum Gasteiger partial charge on any atom is -1.00 e. The van der Waals surface area contributed by atoms with Crippen LogP contribution in [0.4, 0.5) is 0 Å². The molecule has 2 rings (SSSR count). The van der Waals surface area contributed by atoms with Crippen LogP contribution in [0.15, 0.2) is 28.7 Å². The molecule has 2 aromatic rings. The van der Waals surface area contributed by atoms with Gasteiger partial charge < -0.3 is 30.6 Å². The van der Waals surface area contributed by atoms with Gasteiger partial charge in [-0.3, -0.25) is 0 Å². The van der Waals surface area contributed by atoms with Gasteiger partial charge in [-0.25, -0.2) is 0 Å². The lowest BCUT2D eigenvalue weighted by Gasteiger charge is -2.28. The molecule has 27 heavy (non-hydrogen) atoms. The number of aryl methyl sites for hydroxylation is 2. The molecule has 1 heterocycles. The van der Waals surface area contributed by atoms with Crippen LogP contribution in [0, 0.1) is 13.8 Å². The fourth-order valence-electron chi connectivity index (χ4n) is 3.14. The molecule has 0 spiro atoms. The van der Waals surface area contributed by atoms with Crippen LogP contribution in [-0.2, 0) is 6.54 Å². The van der Waals surface area contributed by atoms with Gasteiger partial charge in [-0.2, -0.15) is 0 Å². The largest absolute Gasteiger partial charge is 1.00 e. The number of quaternary nitrogens is 1. The normalized spacial score (nSPS) is 11.6. The molecule has 0 aliphatic rings. The Bertz CT molecular complexity index is 725. The van der Waals surface area contributed by atoms with Crippen LogP contribution in [-0.4, -0.2) is 31.7 Å². The summed E-state index contributed by atoms with van der Waals surface area (Å²) < 4.78 is 12.7. The van der Waals surface area contributed by atoms with E-state index in [1.54, 1.807) is 0 Å². The fraction of sp³-hybridized carbons (Fsp3) is 0.545. The molecule has 0 saturated heterocycles. The molecule has 152 valence electrons. The molecule has 0 atom stereocenters. The van der Waals surface area contributed by atoms with Crippen LogP contribution in [0.2, 0.25) is 5.02 Å². The molecule has 5 heteroatoms. The molecule has 0 unspecified atom stereocenters. The van der Waals surface area contributed by atoms with Crippen molar-refractivity contribution >= 4 is 11.6 Å². The topological polar surface area (TPSA) is 22.4 Å². The second-order valence-electron chi connectivity index (χ2n) is 8.18. The van der Waals surface area contributed by atoms with Crippen molar-refractivity contribution in [3.63, 3.8) is 0 Å². The number of hydrogen-bond donors (Lipinski definition) is 0. The highest BCUT2D eigenvalue weighted by Gasteiger charge is 2.18. The van der Waals surface area contributed by atoms with Crippen molar-refractivity contribution in [1.29, 1.82) is 0 Å². The van der Waals surface area contributed by atoms with Gasteiger partial charge in [0, 0.05) is 5.02 Å². The van der Waals surface area contributed by atoms with Gasteiger partial charge >= 0.3 is 0 Å². The highest BCUT2D eigenvalue weighted by atomic mass is 79.9. The molecule has 0 fully saturated rings. The molecule has 0 radical (unpaired) electrons. The zero-order valence-corrected chi connectivity index (χ0v) is 19.8. The first-order chi connectivity index (χ1) is 12.2. The van der Waals surface area contributed by atoms with Crippen LogP contribution in [0.5, 0.6) is 5.75 Å². The molecule has 0 aliphatic heterocycles. The third-order valence-corrected chi connectivity index (χ3v) is 5.12. The smallest absolute Gasteiger partial charge is 0.158 e. The first-order valence-electron chi connectivity index (χ1n) is 9.48. The van der Waals surface area contributed by atoms with Gasteiger partial charge in [0.2, 0.25) is 0 Å². The summed E-state index contributed by atoms with van der Waals surface area (Å²) in [5.41, 5.74) is 2.25. The summed E-state index contributed by atoms with van der Waals surface area (Å²) in [4.78, 5) is 0. The van der Waals surface area contributed by atoms with Gasteiger partial charge in [-0.05, 0) is 68.0 Å². The molecule has 1 aromatic heterocycles. The van der Waals surface area contributed by atoms with Crippen molar-refractivity contribution in [3.8, 4) is 5.75 Å². The van der Waals surface area contributed by atoms with Crippen LogP contribution in [0.25, 0.3) is 0 Å². The Morgan fingerprint density at radius 1 is 1.11 bits per heavy atom. The average molecular weight is 459 g/mol. The average Bonchev–Trinajstić information content (AvgIpc) is 2.93. The zero-order valence-electron chi connectivity index (χ0n) is 17.4. The van der Waals surface area contributed by atoms with Gasteiger partial charge in [-0.15, -0.1) is 0 Å². The Kier molecular flexibility index (Phi) is 9.40. The monoisotopic (exact) mass is 457 g/mol. The van der Waals surface area contributed by atoms with E-state index >= 15 is 0 Å². The van der Waals surface area contributed by atoms with Crippen molar-refractivity contribution in [1.82, 2.24) is 0 Å². The zero-order chi connectivity index (χ0) is 19.3. The number of ether oxygens (including phenoxy) is 1. The molecule has 0 aliphatic carbocycles. The van der Waals surface area contributed by atoms with Crippen molar-refractivity contribution in [2.45, 2.75) is 53.0 Å². The first-order valence-corrected chi connectivity index (χ1v) is 9.86. The van der Waals surface area contributed by atoms with E-state index in [2.05, 4.69) is 40.1 Å². The molecular weight excluding hydrogens is 426 g/mol. The molecule has 0 N–H and O–H groups in total. The number of benzene rings is 1. The lowest BCUT2D eigenvalue weighted by atomic mass is 10.0. The third-order valence-electron chi connectivity index (χ3n) is 4.71. The summed E-state index contributed by atoms with van der Waals surface area (Å²) in [7, 11) is 4.50. The van der Waals surface area contributed by atoms with E-state index in [0.717, 1.165) is 64.9 Å². The number of furan rings is 1. The van der Waals surface area contributed by atoms with E-state index in [-0.39, 0.29) is 17.0 Å². The summed E-state index contributed by atoms with van der Waals surface area (Å²) in [5.74, 6) is 3.41. The van der Waals surface area contributed by atoms with Gasteiger partial charge in [-0.1, -0.05) is 25.4 Å². The van der Waals surface area contributed by atoms with Gasteiger partial charge in [0.05, 0.1) is 27.2 Å². The third kappa shape index (κ3) is 7.52. The molecular formula is C22H33BrClNO2. The van der Waals surface area contributed by atoms with Gasteiger partial charge in [0.25, 0.3) is 0 Å². The molecule has 0 amide bonds. The summed E-state index contributed by atoms with van der Waals surface area (Å²) in [5, 5.41) is 0.813. The lowest BCUT2D eigenvalue weighted by Crippen LogP contribution is -3.00. The molecule has 0 bridgehead atoms. The molecule has 3 nitrogen and oxygen atoms in total. The number of nitrogens with zero attached hydrogens (tertiary/aromatic N) is 1. The first kappa shape index (κ1) is 24.1. The second kappa shape index (κ2) is 10.5. The summed E-state index contributed by atoms with van der Waals surface area (Å²) in [6.07, 6.45) is 2.16. The summed E-state index contributed by atoms with van der Waals surface area (Å²) in [6, 6.07) is 8.22. The van der Waals surface area contributed by atoms with Crippen molar-refractivity contribution in [2.75, 3.05) is 27.2 Å². The predicted molar refractivity (Wildman–Crippen MR) is 109 cm³/mol. The minimum absolute atomic E-state index is 0. The molecule has 0 saturated carbocycles. The Labute approximate surface area is 180 Å². The fourth-order valence-corrected chi connectivity index (χ4v) is 3.31. The number of hydrogen-bond acceptors (Lipinski definition) is 2. The second-order valence-corrected chi connectivity index (χ2v) is 8.59. The van der Waals surface area contributed by atoms with E-state index in [0.29, 0.717) is 5.92 Å². The maximum Gasteiger partial charge on any atom is 0.158 e. The van der Waals surface area contributed by atoms with Crippen molar-refractivity contribution in [2.24, 2.45) is 0 Å². The van der Waals surface area contributed by atoms with E-state index in [1.807, 2.05) is 26.0 Å². The Balaban J connectivity index is 0.00000364. The SMILES string of the molecule is Cc1ccc(C[N+](C)(C)CCCCOc2cc(C)c(Cl)cc2C(C)C)o1.[Br-]. The van der Waals surface area contributed by atoms with Crippen LogP contribution in [0.3, 0.4) is 0 Å². The Morgan fingerprint density at radius 2 is 1.81 bits per heavy atom. The number of unbranched alkanes of at least 4 members (excludes halogenated alkanes) is 1. The minimum atomic E-state index is 0. The Hall–Kier alpha value is -0.970. The quantitative estimate of drug-likeness (QED) is 0.425. The highest BCUT2D eigenvalue weighted by molar-refractivity contribution is 6.31. The van der Waals surface area contributed by atoms with Crippen LogP contribution >= 0.6 is 11.6 Å². The van der Waals surface area contributed by atoms with E-state index in [9.17, 15) is 0 Å². The standard InChI is InChI=1S/C22H33ClNO2.BrH/c1-16(2)20-14-21(23)17(3)13-22(20)25-12-8-7-11-24(5,6)15-19-10-9-18(4)26-19;/h9-10,13-14,16H,7-8,11-12,15H2,1-6H3;1H/q+1;/p-1. The lowest BCUT2D eigenvalue weighted by molar-refractivity contribution is -0.904. The number of rotatable bonds is 9. The van der Waals surface area contributed by atoms with Crippen molar-refractivity contribution in [3.05, 3.63) is 51.9 Å². The number of halogens is 2. The summed E-state index contributed by atoms with van der Waals surface area (Å²) >= 11 is 6.27. The van der Waals surface area contributed by atoms with Gasteiger partial charge in [0.1, 0.15) is 18.1 Å². The predicted octanol–water partition coefficient (Wildman–Crippen LogP) is 3.11. The maximum atomic E-state index is 6.27. The van der Waals surface area contributed by atoms with E-state index in [4.69, 9.17) is 20.8 Å². The summed E-state index contributed by atoms with van der Waals surface area (Å²) in [6.45, 7) is 11.1. The van der Waals surface area contributed by atoms with E-state index < -0.39 is 0 Å². The Morgan fingerprint density at radius 3 is 2.41 bits per heavy atom. The van der Waals surface area contributed by atoms with Crippen LogP contribution < -0.4 is 21.7 Å². The molecule has 1 aromatic carbocycles. The van der Waals surface area contributed by atoms with E-state index in [1.165, 1.54) is 5.56 Å². The van der Waals surface area contributed by atoms with Crippen molar-refractivity contribution < 1.29 is 30.6 Å². The highest BCUT2D eigenvalue weighted by Crippen LogP contribution is 2.32. The maximum absolute atomic E-state index is 6.27. The van der Waals surface area contributed by atoms with Gasteiger partial charge in [0.15, 0.2) is 5.76 Å².